The SMILES string of the molecule is CNCC=Cc1ccc(C(F)(F)F)c(Cl)c1. The van der Waals surface area contributed by atoms with Crippen molar-refractivity contribution in [2.75, 3.05) is 13.6 Å². The van der Waals surface area contributed by atoms with Crippen LogP contribution in [0.5, 0.6) is 0 Å². The third-order valence-corrected chi connectivity index (χ3v) is 2.24. The number of hydrogen-bond acceptors (Lipinski definition) is 1. The van der Waals surface area contributed by atoms with Crippen LogP contribution >= 0.6 is 11.6 Å². The van der Waals surface area contributed by atoms with Gasteiger partial charge in [-0.05, 0) is 24.7 Å². The molecule has 0 saturated heterocycles. The number of alkyl halides is 3. The van der Waals surface area contributed by atoms with Crippen LogP contribution in [0, 0.1) is 0 Å². The van der Waals surface area contributed by atoms with Crippen molar-refractivity contribution in [3.05, 3.63) is 40.4 Å². The van der Waals surface area contributed by atoms with Gasteiger partial charge < -0.3 is 5.32 Å². The minimum atomic E-state index is -4.40. The topological polar surface area (TPSA) is 12.0 Å². The molecule has 0 aliphatic rings. The molecule has 0 atom stereocenters. The fourth-order valence-electron chi connectivity index (χ4n) is 1.18. The van der Waals surface area contributed by atoms with Crippen molar-refractivity contribution in [3.8, 4) is 0 Å². The molecular formula is C11H11ClF3N. The molecule has 0 fully saturated rings. The lowest BCUT2D eigenvalue weighted by Gasteiger charge is -2.08. The van der Waals surface area contributed by atoms with Gasteiger partial charge >= 0.3 is 6.18 Å². The fourth-order valence-corrected chi connectivity index (χ4v) is 1.47. The molecule has 16 heavy (non-hydrogen) atoms. The van der Waals surface area contributed by atoms with E-state index in [0.717, 1.165) is 6.07 Å². The van der Waals surface area contributed by atoms with Gasteiger partial charge in [-0.1, -0.05) is 29.8 Å². The molecule has 0 bridgehead atoms. The molecule has 0 saturated carbocycles. The van der Waals surface area contributed by atoms with Crippen molar-refractivity contribution in [2.24, 2.45) is 0 Å². The zero-order valence-electron chi connectivity index (χ0n) is 8.61. The van der Waals surface area contributed by atoms with Gasteiger partial charge in [0.1, 0.15) is 0 Å². The molecule has 1 nitrogen and oxygen atoms in total. The molecule has 0 aromatic heterocycles. The second kappa shape index (κ2) is 5.37. The first-order chi connectivity index (χ1) is 7.45. The zero-order valence-corrected chi connectivity index (χ0v) is 9.36. The molecule has 0 aliphatic heterocycles. The Labute approximate surface area is 96.9 Å². The molecule has 5 heteroatoms. The van der Waals surface area contributed by atoms with E-state index in [1.807, 2.05) is 0 Å². The highest BCUT2D eigenvalue weighted by atomic mass is 35.5. The van der Waals surface area contributed by atoms with Crippen molar-refractivity contribution in [3.63, 3.8) is 0 Å². The van der Waals surface area contributed by atoms with Gasteiger partial charge in [-0.3, -0.25) is 0 Å². The molecule has 1 N–H and O–H groups in total. The summed E-state index contributed by atoms with van der Waals surface area (Å²) >= 11 is 5.56. The second-order valence-corrected chi connectivity index (χ2v) is 3.60. The number of rotatable bonds is 3. The lowest BCUT2D eigenvalue weighted by molar-refractivity contribution is -0.137. The number of nitrogens with one attached hydrogen (secondary N) is 1. The van der Waals surface area contributed by atoms with E-state index in [0.29, 0.717) is 12.1 Å². The van der Waals surface area contributed by atoms with Gasteiger partial charge in [0.25, 0.3) is 0 Å². The number of benzene rings is 1. The average molecular weight is 250 g/mol. The lowest BCUT2D eigenvalue weighted by atomic mass is 10.1. The highest BCUT2D eigenvalue weighted by molar-refractivity contribution is 6.31. The van der Waals surface area contributed by atoms with Gasteiger partial charge in [0.15, 0.2) is 0 Å². The first-order valence-corrected chi connectivity index (χ1v) is 5.01. The maximum atomic E-state index is 12.4. The van der Waals surface area contributed by atoms with Crippen LogP contribution in [0.2, 0.25) is 5.02 Å². The second-order valence-electron chi connectivity index (χ2n) is 3.20. The standard InChI is InChI=1S/C11H11ClF3N/c1-16-6-2-3-8-4-5-9(10(12)7-8)11(13,14)15/h2-5,7,16H,6H2,1H3. The van der Waals surface area contributed by atoms with Crippen LogP contribution < -0.4 is 5.32 Å². The summed E-state index contributed by atoms with van der Waals surface area (Å²) in [6.45, 7) is 0.651. The van der Waals surface area contributed by atoms with Crippen LogP contribution in [0.1, 0.15) is 11.1 Å². The molecule has 1 rings (SSSR count). The Hall–Kier alpha value is -1.00. The van der Waals surface area contributed by atoms with Crippen LogP contribution in [0.3, 0.4) is 0 Å². The maximum Gasteiger partial charge on any atom is 0.417 e. The summed E-state index contributed by atoms with van der Waals surface area (Å²) in [5.41, 5.74) is -0.159. The van der Waals surface area contributed by atoms with Gasteiger partial charge in [0.05, 0.1) is 10.6 Å². The Morgan fingerprint density at radius 2 is 2.06 bits per heavy atom. The van der Waals surface area contributed by atoms with E-state index in [1.165, 1.54) is 12.1 Å². The molecule has 0 radical (unpaired) electrons. The summed E-state index contributed by atoms with van der Waals surface area (Å²) in [6.07, 6.45) is -0.883. The van der Waals surface area contributed by atoms with Gasteiger partial charge in [0, 0.05) is 6.54 Å². The largest absolute Gasteiger partial charge is 0.417 e. The normalized spacial score (nSPS) is 12.3. The van der Waals surface area contributed by atoms with Crippen LogP contribution in [-0.2, 0) is 6.18 Å². The van der Waals surface area contributed by atoms with Crippen molar-refractivity contribution in [1.29, 1.82) is 0 Å². The van der Waals surface area contributed by atoms with Gasteiger partial charge in [-0.25, -0.2) is 0 Å². The Morgan fingerprint density at radius 3 is 2.56 bits per heavy atom. The van der Waals surface area contributed by atoms with Crippen LogP contribution in [0.25, 0.3) is 6.08 Å². The lowest BCUT2D eigenvalue weighted by Crippen LogP contribution is -2.05. The number of likely N-dealkylation sites (N-methyl/N-ethyl adjacent to an activating group) is 1. The number of hydrogen-bond donors (Lipinski definition) is 1. The molecule has 0 aliphatic carbocycles. The molecule has 0 unspecified atom stereocenters. The summed E-state index contributed by atoms with van der Waals surface area (Å²) in [4.78, 5) is 0. The van der Waals surface area contributed by atoms with E-state index in [2.05, 4.69) is 5.32 Å². The summed E-state index contributed by atoms with van der Waals surface area (Å²) < 4.78 is 37.1. The first kappa shape index (κ1) is 13.1. The van der Waals surface area contributed by atoms with Crippen molar-refractivity contribution < 1.29 is 13.2 Å². The van der Waals surface area contributed by atoms with Crippen molar-refractivity contribution in [1.82, 2.24) is 5.32 Å². The summed E-state index contributed by atoms with van der Waals surface area (Å²) in [5.74, 6) is 0. The predicted molar refractivity (Wildman–Crippen MR) is 59.4 cm³/mol. The average Bonchev–Trinajstić information content (AvgIpc) is 2.16. The quantitative estimate of drug-likeness (QED) is 0.863. The van der Waals surface area contributed by atoms with Crippen molar-refractivity contribution >= 4 is 17.7 Å². The molecule has 1 aromatic rings. The van der Waals surface area contributed by atoms with Gasteiger partial charge in [-0.2, -0.15) is 13.2 Å². The smallest absolute Gasteiger partial charge is 0.316 e. The van der Waals surface area contributed by atoms with Gasteiger partial charge in [-0.15, -0.1) is 0 Å². The Bertz CT molecular complexity index is 385. The van der Waals surface area contributed by atoms with E-state index in [-0.39, 0.29) is 5.02 Å². The Morgan fingerprint density at radius 1 is 1.38 bits per heavy atom. The van der Waals surface area contributed by atoms with Crippen LogP contribution in [0.15, 0.2) is 24.3 Å². The fraction of sp³-hybridized carbons (Fsp3) is 0.273. The molecular weight excluding hydrogens is 239 g/mol. The maximum absolute atomic E-state index is 12.4. The predicted octanol–water partition coefficient (Wildman–Crippen LogP) is 3.59. The van der Waals surface area contributed by atoms with E-state index in [1.54, 1.807) is 19.2 Å². The molecule has 0 spiro atoms. The van der Waals surface area contributed by atoms with E-state index in [4.69, 9.17) is 11.6 Å². The first-order valence-electron chi connectivity index (χ1n) is 4.63. The minimum Gasteiger partial charge on any atom is -0.316 e. The Balaban J connectivity index is 2.91. The van der Waals surface area contributed by atoms with Gasteiger partial charge in [0.2, 0.25) is 0 Å². The van der Waals surface area contributed by atoms with Crippen molar-refractivity contribution in [2.45, 2.75) is 6.18 Å². The molecule has 1 aromatic carbocycles. The van der Waals surface area contributed by atoms with E-state index in [9.17, 15) is 13.2 Å². The number of halogens is 4. The zero-order chi connectivity index (χ0) is 12.2. The third kappa shape index (κ3) is 3.54. The third-order valence-electron chi connectivity index (χ3n) is 1.93. The van der Waals surface area contributed by atoms with Crippen LogP contribution in [0.4, 0.5) is 13.2 Å². The van der Waals surface area contributed by atoms with E-state index < -0.39 is 11.7 Å². The highest BCUT2D eigenvalue weighted by Gasteiger charge is 2.32. The summed E-state index contributed by atoms with van der Waals surface area (Å²) in [5, 5.41) is 2.61. The minimum absolute atomic E-state index is 0.279. The summed E-state index contributed by atoms with van der Waals surface area (Å²) in [7, 11) is 1.78. The molecule has 88 valence electrons. The molecule has 0 heterocycles. The Kier molecular flexibility index (Phi) is 4.38. The highest BCUT2D eigenvalue weighted by Crippen LogP contribution is 2.35. The molecule has 0 amide bonds. The summed E-state index contributed by atoms with van der Waals surface area (Å²) in [6, 6.07) is 3.68. The van der Waals surface area contributed by atoms with Crippen LogP contribution in [-0.4, -0.2) is 13.6 Å². The monoisotopic (exact) mass is 249 g/mol. The van der Waals surface area contributed by atoms with E-state index >= 15 is 0 Å².